The maximum atomic E-state index is 5.84. The molecule has 0 aliphatic heterocycles. The van der Waals surface area contributed by atoms with E-state index < -0.39 is 0 Å². The van der Waals surface area contributed by atoms with E-state index in [9.17, 15) is 0 Å². The first kappa shape index (κ1) is 14.5. The number of hydrogen-bond acceptors (Lipinski definition) is 3. The van der Waals surface area contributed by atoms with Crippen molar-refractivity contribution in [2.45, 2.75) is 65.1 Å². The molecule has 4 nitrogen and oxygen atoms in total. The van der Waals surface area contributed by atoms with Crippen molar-refractivity contribution >= 4 is 0 Å². The Kier molecular flexibility index (Phi) is 5.86. The van der Waals surface area contributed by atoms with Gasteiger partial charge in [-0.05, 0) is 32.3 Å². The minimum Gasteiger partial charge on any atom is -0.377 e. The Labute approximate surface area is 116 Å². The fraction of sp³-hybridized carbons (Fsp3) is 0.800. The quantitative estimate of drug-likeness (QED) is 0.734. The molecule has 1 N–H and O–H groups in total. The number of nitrogens with zero attached hydrogens (tertiary/aromatic N) is 2. The number of rotatable bonds is 8. The maximum absolute atomic E-state index is 5.84. The number of aryl methyl sites for hydroxylation is 2. The van der Waals surface area contributed by atoms with Crippen molar-refractivity contribution in [2.75, 3.05) is 13.2 Å². The van der Waals surface area contributed by atoms with Crippen molar-refractivity contribution in [2.24, 2.45) is 0 Å². The predicted octanol–water partition coefficient (Wildman–Crippen LogP) is 2.51. The summed E-state index contributed by atoms with van der Waals surface area (Å²) in [4.78, 5) is 0. The van der Waals surface area contributed by atoms with Gasteiger partial charge in [0.05, 0.1) is 24.1 Å². The number of aromatic nitrogens is 2. The van der Waals surface area contributed by atoms with E-state index in [-0.39, 0.29) is 0 Å². The summed E-state index contributed by atoms with van der Waals surface area (Å²) in [7, 11) is 0. The molecule has 1 saturated carbocycles. The molecule has 0 bridgehead atoms. The molecule has 0 saturated heterocycles. The van der Waals surface area contributed by atoms with E-state index in [1.165, 1.54) is 37.1 Å². The summed E-state index contributed by atoms with van der Waals surface area (Å²) in [5, 5.41) is 8.01. The van der Waals surface area contributed by atoms with Crippen LogP contribution in [0.15, 0.2) is 6.07 Å². The first-order valence-corrected chi connectivity index (χ1v) is 7.71. The summed E-state index contributed by atoms with van der Waals surface area (Å²) >= 11 is 0. The minimum atomic E-state index is 0.523. The normalized spacial score (nSPS) is 16.3. The van der Waals surface area contributed by atoms with E-state index in [1.807, 2.05) is 0 Å². The van der Waals surface area contributed by atoms with Gasteiger partial charge in [-0.1, -0.05) is 19.8 Å². The fourth-order valence-electron chi connectivity index (χ4n) is 2.67. The molecule has 4 heteroatoms. The highest BCUT2D eigenvalue weighted by Crippen LogP contribution is 2.20. The van der Waals surface area contributed by atoms with E-state index in [0.29, 0.717) is 6.10 Å². The van der Waals surface area contributed by atoms with Crippen molar-refractivity contribution in [1.82, 2.24) is 15.1 Å². The van der Waals surface area contributed by atoms with Crippen molar-refractivity contribution in [1.29, 1.82) is 0 Å². The van der Waals surface area contributed by atoms with Crippen LogP contribution in [-0.4, -0.2) is 29.0 Å². The number of nitrogens with one attached hydrogen (secondary N) is 1. The Morgan fingerprint density at radius 3 is 2.84 bits per heavy atom. The maximum Gasteiger partial charge on any atom is 0.0625 e. The second kappa shape index (κ2) is 7.65. The highest BCUT2D eigenvalue weighted by Gasteiger charge is 2.14. The Balaban J connectivity index is 1.65. The summed E-state index contributed by atoms with van der Waals surface area (Å²) in [5.74, 6) is 0. The molecule has 19 heavy (non-hydrogen) atoms. The lowest BCUT2D eigenvalue weighted by atomic mass is 10.3. The first-order valence-electron chi connectivity index (χ1n) is 7.71. The van der Waals surface area contributed by atoms with Crippen LogP contribution in [0.5, 0.6) is 0 Å². The van der Waals surface area contributed by atoms with Gasteiger partial charge < -0.3 is 10.1 Å². The summed E-state index contributed by atoms with van der Waals surface area (Å²) in [6.45, 7) is 7.86. The second-order valence-corrected chi connectivity index (χ2v) is 5.25. The van der Waals surface area contributed by atoms with Crippen molar-refractivity contribution < 1.29 is 4.74 Å². The lowest BCUT2D eigenvalue weighted by molar-refractivity contribution is 0.0602. The molecule has 0 spiro atoms. The first-order chi connectivity index (χ1) is 9.33. The lowest BCUT2D eigenvalue weighted by Gasteiger charge is -2.11. The molecule has 1 aromatic rings. The van der Waals surface area contributed by atoms with Gasteiger partial charge in [0.1, 0.15) is 0 Å². The molecule has 0 radical (unpaired) electrons. The summed E-state index contributed by atoms with van der Waals surface area (Å²) in [6, 6.07) is 2.20. The van der Waals surface area contributed by atoms with Crippen LogP contribution in [0.3, 0.4) is 0 Å². The molecule has 0 aromatic carbocycles. The molecule has 0 atom stereocenters. The third-order valence-electron chi connectivity index (χ3n) is 3.82. The minimum absolute atomic E-state index is 0.523. The average Bonchev–Trinajstić information content (AvgIpc) is 3.07. The Morgan fingerprint density at radius 2 is 2.16 bits per heavy atom. The standard InChI is InChI=1S/C15H27N3O/c1-3-13-11-14(18(4-2)17-13)12-16-9-10-19-15-7-5-6-8-15/h11,15-16H,3-10,12H2,1-2H3. The lowest BCUT2D eigenvalue weighted by Crippen LogP contribution is -2.23. The van der Waals surface area contributed by atoms with Gasteiger partial charge in [-0.3, -0.25) is 4.68 Å². The van der Waals surface area contributed by atoms with Gasteiger partial charge in [-0.2, -0.15) is 5.10 Å². The highest BCUT2D eigenvalue weighted by molar-refractivity contribution is 5.10. The number of hydrogen-bond donors (Lipinski definition) is 1. The zero-order chi connectivity index (χ0) is 13.5. The van der Waals surface area contributed by atoms with Crippen LogP contribution in [-0.2, 0) is 24.2 Å². The predicted molar refractivity (Wildman–Crippen MR) is 77.2 cm³/mol. The molecule has 1 aliphatic rings. The average molecular weight is 265 g/mol. The molecule has 1 fully saturated rings. The molecule has 108 valence electrons. The van der Waals surface area contributed by atoms with Crippen LogP contribution < -0.4 is 5.32 Å². The van der Waals surface area contributed by atoms with E-state index in [2.05, 4.69) is 35.0 Å². The van der Waals surface area contributed by atoms with E-state index in [0.717, 1.165) is 32.7 Å². The van der Waals surface area contributed by atoms with Crippen LogP contribution in [0.25, 0.3) is 0 Å². The molecule has 1 aromatic heterocycles. The van der Waals surface area contributed by atoms with Crippen molar-refractivity contribution in [3.63, 3.8) is 0 Å². The van der Waals surface area contributed by atoms with Crippen LogP contribution in [0, 0.1) is 0 Å². The molecule has 0 unspecified atom stereocenters. The Hall–Kier alpha value is -0.870. The molecule has 2 rings (SSSR count). The fourth-order valence-corrected chi connectivity index (χ4v) is 2.67. The number of ether oxygens (including phenoxy) is 1. The Bertz CT molecular complexity index is 369. The van der Waals surface area contributed by atoms with Gasteiger partial charge in [0.15, 0.2) is 0 Å². The second-order valence-electron chi connectivity index (χ2n) is 5.25. The molecule has 1 aliphatic carbocycles. The molecule has 1 heterocycles. The SMILES string of the molecule is CCc1cc(CNCCOC2CCCC2)n(CC)n1. The van der Waals surface area contributed by atoms with E-state index >= 15 is 0 Å². The van der Waals surface area contributed by atoms with Gasteiger partial charge in [0.2, 0.25) is 0 Å². The summed E-state index contributed by atoms with van der Waals surface area (Å²) in [5.41, 5.74) is 2.46. The third kappa shape index (κ3) is 4.32. The largest absolute Gasteiger partial charge is 0.377 e. The topological polar surface area (TPSA) is 39.1 Å². The van der Waals surface area contributed by atoms with Gasteiger partial charge >= 0.3 is 0 Å². The molecule has 0 amide bonds. The van der Waals surface area contributed by atoms with Crippen LogP contribution >= 0.6 is 0 Å². The highest BCUT2D eigenvalue weighted by atomic mass is 16.5. The van der Waals surface area contributed by atoms with E-state index in [4.69, 9.17) is 4.74 Å². The third-order valence-corrected chi connectivity index (χ3v) is 3.82. The van der Waals surface area contributed by atoms with Gasteiger partial charge in [-0.15, -0.1) is 0 Å². The Morgan fingerprint density at radius 1 is 1.37 bits per heavy atom. The van der Waals surface area contributed by atoms with Gasteiger partial charge in [0.25, 0.3) is 0 Å². The van der Waals surface area contributed by atoms with Crippen LogP contribution in [0.1, 0.15) is 50.9 Å². The zero-order valence-electron chi connectivity index (χ0n) is 12.3. The summed E-state index contributed by atoms with van der Waals surface area (Å²) in [6.07, 6.45) is 6.71. The van der Waals surface area contributed by atoms with E-state index in [1.54, 1.807) is 0 Å². The summed E-state index contributed by atoms with van der Waals surface area (Å²) < 4.78 is 7.93. The molecular formula is C15H27N3O. The smallest absolute Gasteiger partial charge is 0.0625 e. The zero-order valence-corrected chi connectivity index (χ0v) is 12.3. The van der Waals surface area contributed by atoms with Gasteiger partial charge in [-0.25, -0.2) is 0 Å². The van der Waals surface area contributed by atoms with Crippen molar-refractivity contribution in [3.8, 4) is 0 Å². The van der Waals surface area contributed by atoms with Gasteiger partial charge in [0, 0.05) is 19.6 Å². The van der Waals surface area contributed by atoms with Crippen LogP contribution in [0.4, 0.5) is 0 Å². The van der Waals surface area contributed by atoms with Crippen molar-refractivity contribution in [3.05, 3.63) is 17.5 Å². The monoisotopic (exact) mass is 265 g/mol. The molecular weight excluding hydrogens is 238 g/mol. The van der Waals surface area contributed by atoms with Crippen LogP contribution in [0.2, 0.25) is 0 Å².